The summed E-state index contributed by atoms with van der Waals surface area (Å²) in [6.07, 6.45) is 0. The highest BCUT2D eigenvalue weighted by Gasteiger charge is 2.23. The van der Waals surface area contributed by atoms with Crippen molar-refractivity contribution in [1.82, 2.24) is 9.88 Å². The van der Waals surface area contributed by atoms with Crippen molar-refractivity contribution in [3.8, 4) is 0 Å². The zero-order chi connectivity index (χ0) is 16.3. The molecule has 0 radical (unpaired) electrons. The van der Waals surface area contributed by atoms with E-state index in [0.717, 1.165) is 10.6 Å². The number of carbonyl (C=O) groups excluding carboxylic acids is 1. The predicted octanol–water partition coefficient (Wildman–Crippen LogP) is 3.14. The molecule has 0 unspecified atom stereocenters. The SMILES string of the molecule is Cc1nc(C)c(C(=O)N(CC(=O)O)Cc2ccc(Cl)cc2)s1. The first-order chi connectivity index (χ1) is 10.4. The van der Waals surface area contributed by atoms with Gasteiger partial charge in [-0.1, -0.05) is 23.7 Å². The summed E-state index contributed by atoms with van der Waals surface area (Å²) in [4.78, 5) is 29.6. The third-order valence-corrected chi connectivity index (χ3v) is 4.31. The van der Waals surface area contributed by atoms with Crippen molar-refractivity contribution in [3.63, 3.8) is 0 Å². The van der Waals surface area contributed by atoms with Crippen LogP contribution in [0.3, 0.4) is 0 Å². The molecule has 0 aliphatic heterocycles. The number of halogens is 1. The Hall–Kier alpha value is -1.92. The zero-order valence-electron chi connectivity index (χ0n) is 12.2. The van der Waals surface area contributed by atoms with Crippen molar-refractivity contribution in [1.29, 1.82) is 0 Å². The van der Waals surface area contributed by atoms with E-state index in [0.29, 0.717) is 15.6 Å². The number of hydrogen-bond acceptors (Lipinski definition) is 4. The molecule has 0 atom stereocenters. The number of aryl methyl sites for hydroxylation is 2. The molecule has 0 aliphatic carbocycles. The van der Waals surface area contributed by atoms with E-state index in [1.54, 1.807) is 31.2 Å². The lowest BCUT2D eigenvalue weighted by molar-refractivity contribution is -0.137. The minimum absolute atomic E-state index is 0.207. The maximum absolute atomic E-state index is 12.6. The third kappa shape index (κ3) is 4.05. The minimum Gasteiger partial charge on any atom is -0.480 e. The number of carbonyl (C=O) groups is 2. The lowest BCUT2D eigenvalue weighted by atomic mass is 10.2. The molecule has 7 heteroatoms. The highest BCUT2D eigenvalue weighted by molar-refractivity contribution is 7.13. The quantitative estimate of drug-likeness (QED) is 0.909. The van der Waals surface area contributed by atoms with Crippen LogP contribution in [0.2, 0.25) is 5.02 Å². The van der Waals surface area contributed by atoms with Crippen LogP contribution in [0.5, 0.6) is 0 Å². The first kappa shape index (κ1) is 16.5. The van der Waals surface area contributed by atoms with Crippen molar-refractivity contribution in [2.45, 2.75) is 20.4 Å². The lowest BCUT2D eigenvalue weighted by Crippen LogP contribution is -2.35. The van der Waals surface area contributed by atoms with Crippen LogP contribution in [0.15, 0.2) is 24.3 Å². The van der Waals surface area contributed by atoms with Gasteiger partial charge in [-0.15, -0.1) is 11.3 Å². The average molecular weight is 339 g/mol. The summed E-state index contributed by atoms with van der Waals surface area (Å²) in [7, 11) is 0. The molecule has 0 bridgehead atoms. The van der Waals surface area contributed by atoms with Gasteiger partial charge in [0.15, 0.2) is 0 Å². The van der Waals surface area contributed by atoms with Gasteiger partial charge in [0, 0.05) is 11.6 Å². The van der Waals surface area contributed by atoms with E-state index >= 15 is 0 Å². The average Bonchev–Trinajstić information content (AvgIpc) is 2.78. The Balaban J connectivity index is 2.25. The summed E-state index contributed by atoms with van der Waals surface area (Å²) in [6, 6.07) is 6.97. The predicted molar refractivity (Wildman–Crippen MR) is 85.4 cm³/mol. The first-order valence-electron chi connectivity index (χ1n) is 6.56. The second-order valence-electron chi connectivity index (χ2n) is 4.83. The maximum Gasteiger partial charge on any atom is 0.323 e. The minimum atomic E-state index is -1.05. The number of hydrogen-bond donors (Lipinski definition) is 1. The van der Waals surface area contributed by atoms with Crippen LogP contribution < -0.4 is 0 Å². The molecule has 2 aromatic rings. The largest absolute Gasteiger partial charge is 0.480 e. The van der Waals surface area contributed by atoms with E-state index in [1.807, 2.05) is 6.92 Å². The molecule has 2 rings (SSSR count). The van der Waals surface area contributed by atoms with Gasteiger partial charge in [-0.3, -0.25) is 9.59 Å². The summed E-state index contributed by atoms with van der Waals surface area (Å²) >= 11 is 7.11. The second-order valence-corrected chi connectivity index (χ2v) is 6.47. The molecule has 5 nitrogen and oxygen atoms in total. The number of thiazole rings is 1. The molecule has 116 valence electrons. The van der Waals surface area contributed by atoms with E-state index in [2.05, 4.69) is 4.98 Å². The fourth-order valence-corrected chi connectivity index (χ4v) is 3.06. The van der Waals surface area contributed by atoms with Crippen LogP contribution in [0.4, 0.5) is 0 Å². The Morgan fingerprint density at radius 3 is 2.41 bits per heavy atom. The van der Waals surface area contributed by atoms with E-state index in [1.165, 1.54) is 16.2 Å². The molecule has 0 fully saturated rings. The van der Waals surface area contributed by atoms with Crippen LogP contribution in [0, 0.1) is 13.8 Å². The number of rotatable bonds is 5. The van der Waals surface area contributed by atoms with Crippen molar-refractivity contribution in [2.24, 2.45) is 0 Å². The summed E-state index contributed by atoms with van der Waals surface area (Å²) in [5.74, 6) is -1.37. The van der Waals surface area contributed by atoms with E-state index in [4.69, 9.17) is 16.7 Å². The fraction of sp³-hybridized carbons (Fsp3) is 0.267. The number of carboxylic acids is 1. The zero-order valence-corrected chi connectivity index (χ0v) is 13.7. The smallest absolute Gasteiger partial charge is 0.323 e. The number of amides is 1. The monoisotopic (exact) mass is 338 g/mol. The van der Waals surface area contributed by atoms with Gasteiger partial charge in [-0.25, -0.2) is 4.98 Å². The molecule has 22 heavy (non-hydrogen) atoms. The molecule has 0 saturated heterocycles. The van der Waals surface area contributed by atoms with Gasteiger partial charge < -0.3 is 10.0 Å². The number of nitrogens with zero attached hydrogens (tertiary/aromatic N) is 2. The van der Waals surface area contributed by atoms with Crippen LogP contribution >= 0.6 is 22.9 Å². The van der Waals surface area contributed by atoms with E-state index in [9.17, 15) is 9.59 Å². The van der Waals surface area contributed by atoms with Gasteiger partial charge in [0.2, 0.25) is 0 Å². The van der Waals surface area contributed by atoms with Crippen molar-refractivity contribution in [3.05, 3.63) is 50.4 Å². The van der Waals surface area contributed by atoms with Gasteiger partial charge >= 0.3 is 5.97 Å². The van der Waals surface area contributed by atoms with Crippen molar-refractivity contribution in [2.75, 3.05) is 6.54 Å². The highest BCUT2D eigenvalue weighted by Crippen LogP contribution is 2.20. The maximum atomic E-state index is 12.6. The molecule has 1 N–H and O–H groups in total. The second kappa shape index (κ2) is 6.89. The van der Waals surface area contributed by atoms with Gasteiger partial charge in [0.05, 0.1) is 10.7 Å². The standard InChI is InChI=1S/C15H15ClN2O3S/c1-9-14(22-10(2)17-9)15(21)18(8-13(19)20)7-11-3-5-12(16)6-4-11/h3-6H,7-8H2,1-2H3,(H,19,20). The summed E-state index contributed by atoms with van der Waals surface area (Å²) in [5, 5.41) is 10.4. The number of benzene rings is 1. The third-order valence-electron chi connectivity index (χ3n) is 3.00. The van der Waals surface area contributed by atoms with Crippen LogP contribution in [-0.2, 0) is 11.3 Å². The number of carboxylic acid groups (broad SMARTS) is 1. The molecule has 0 aliphatic rings. The fourth-order valence-electron chi connectivity index (χ4n) is 2.05. The Bertz CT molecular complexity index is 697. The van der Waals surface area contributed by atoms with Gasteiger partial charge in [-0.2, -0.15) is 0 Å². The molecular weight excluding hydrogens is 324 g/mol. The summed E-state index contributed by atoms with van der Waals surface area (Å²) in [5.41, 5.74) is 1.44. The number of aliphatic carboxylic acids is 1. The Labute approximate surface area is 137 Å². The Morgan fingerprint density at radius 1 is 1.27 bits per heavy atom. The molecule has 1 aromatic heterocycles. The normalized spacial score (nSPS) is 10.5. The van der Waals surface area contributed by atoms with Crippen molar-refractivity contribution >= 4 is 34.8 Å². The number of aromatic nitrogens is 1. The molecule has 0 spiro atoms. The van der Waals surface area contributed by atoms with Crippen molar-refractivity contribution < 1.29 is 14.7 Å². The Morgan fingerprint density at radius 2 is 1.91 bits per heavy atom. The van der Waals surface area contributed by atoms with E-state index in [-0.39, 0.29) is 19.0 Å². The summed E-state index contributed by atoms with van der Waals surface area (Å²) in [6.45, 7) is 3.41. The van der Waals surface area contributed by atoms with Gasteiger partial charge in [0.1, 0.15) is 11.4 Å². The molecule has 1 heterocycles. The van der Waals surface area contributed by atoms with Gasteiger partial charge in [-0.05, 0) is 31.5 Å². The van der Waals surface area contributed by atoms with Crippen LogP contribution in [0.1, 0.15) is 25.9 Å². The van der Waals surface area contributed by atoms with Crippen LogP contribution in [-0.4, -0.2) is 33.4 Å². The van der Waals surface area contributed by atoms with Crippen LogP contribution in [0.25, 0.3) is 0 Å². The molecule has 1 amide bonds. The first-order valence-corrected chi connectivity index (χ1v) is 7.76. The molecule has 1 aromatic carbocycles. The van der Waals surface area contributed by atoms with Gasteiger partial charge in [0.25, 0.3) is 5.91 Å². The molecule has 0 saturated carbocycles. The van der Waals surface area contributed by atoms with E-state index < -0.39 is 5.97 Å². The highest BCUT2D eigenvalue weighted by atomic mass is 35.5. The molecular formula is C15H15ClN2O3S. The Kier molecular flexibility index (Phi) is 5.15. The lowest BCUT2D eigenvalue weighted by Gasteiger charge is -2.20. The summed E-state index contributed by atoms with van der Waals surface area (Å²) < 4.78 is 0. The topological polar surface area (TPSA) is 70.5 Å².